The molecule has 3 N–H and O–H groups in total. The fourth-order valence-corrected chi connectivity index (χ4v) is 2.23. The van der Waals surface area contributed by atoms with E-state index in [1.165, 1.54) is 0 Å². The SMILES string of the molecule is Cc1[nH]c(=O)c(C#N)c(C)c1CCC(=O)N(C)C(C)CN.Cl. The van der Waals surface area contributed by atoms with E-state index in [0.29, 0.717) is 30.6 Å². The number of likely N-dealkylation sites (N-methyl/N-ethyl adjacent to an activating group) is 1. The number of carbonyl (C=O) groups excluding carboxylic acids is 1. The van der Waals surface area contributed by atoms with Gasteiger partial charge in [0.1, 0.15) is 11.6 Å². The lowest BCUT2D eigenvalue weighted by molar-refractivity contribution is -0.131. The molecule has 1 aromatic rings. The predicted octanol–water partition coefficient (Wildman–Crippen LogP) is 1.02. The number of amides is 1. The van der Waals surface area contributed by atoms with Crippen LogP contribution in [0.5, 0.6) is 0 Å². The van der Waals surface area contributed by atoms with Crippen LogP contribution in [0.15, 0.2) is 4.79 Å². The first kappa shape index (κ1) is 20.2. The maximum absolute atomic E-state index is 12.1. The molecule has 0 saturated heterocycles. The van der Waals surface area contributed by atoms with Gasteiger partial charge < -0.3 is 15.6 Å². The number of carbonyl (C=O) groups is 1. The molecule has 0 radical (unpaired) electrons. The third-order valence-corrected chi connectivity index (χ3v) is 3.90. The molecule has 1 amide bonds. The highest BCUT2D eigenvalue weighted by molar-refractivity contribution is 5.85. The fourth-order valence-electron chi connectivity index (χ4n) is 2.23. The van der Waals surface area contributed by atoms with Crippen LogP contribution in [0.1, 0.15) is 35.7 Å². The van der Waals surface area contributed by atoms with Crippen LogP contribution in [0.3, 0.4) is 0 Å². The number of aromatic nitrogens is 1. The minimum atomic E-state index is -0.378. The minimum Gasteiger partial charge on any atom is -0.342 e. The third kappa shape index (κ3) is 4.33. The van der Waals surface area contributed by atoms with E-state index in [-0.39, 0.29) is 35.5 Å². The Morgan fingerprint density at radius 2 is 2.05 bits per heavy atom. The summed E-state index contributed by atoms with van der Waals surface area (Å²) in [6.07, 6.45) is 0.809. The average Bonchev–Trinajstić information content (AvgIpc) is 2.45. The lowest BCUT2D eigenvalue weighted by atomic mass is 9.99. The average molecular weight is 327 g/mol. The number of aryl methyl sites for hydroxylation is 1. The first-order chi connectivity index (χ1) is 9.83. The lowest BCUT2D eigenvalue weighted by Crippen LogP contribution is -2.39. The lowest BCUT2D eigenvalue weighted by Gasteiger charge is -2.24. The fraction of sp³-hybridized carbons (Fsp3) is 0.533. The number of halogens is 1. The van der Waals surface area contributed by atoms with Crippen molar-refractivity contribution in [1.82, 2.24) is 9.88 Å². The van der Waals surface area contributed by atoms with Gasteiger partial charge in [-0.3, -0.25) is 9.59 Å². The van der Waals surface area contributed by atoms with E-state index in [2.05, 4.69) is 4.98 Å². The standard InChI is InChI=1S/C15H22N4O2.ClH/c1-9(7-16)19(4)14(20)6-5-12-10(2)13(8-17)15(21)18-11(12)3;/h9H,5-7,16H2,1-4H3,(H,18,21);1H. The van der Waals surface area contributed by atoms with E-state index in [1.54, 1.807) is 25.8 Å². The van der Waals surface area contributed by atoms with E-state index in [0.717, 1.165) is 5.56 Å². The minimum absolute atomic E-state index is 0. The van der Waals surface area contributed by atoms with E-state index in [1.807, 2.05) is 13.0 Å². The van der Waals surface area contributed by atoms with E-state index in [4.69, 9.17) is 11.0 Å². The molecule has 0 saturated carbocycles. The zero-order valence-corrected chi connectivity index (χ0v) is 14.2. The summed E-state index contributed by atoms with van der Waals surface area (Å²) in [5, 5.41) is 9.03. The molecule has 6 nitrogen and oxygen atoms in total. The number of H-pyrrole nitrogens is 1. The summed E-state index contributed by atoms with van der Waals surface area (Å²) in [5.74, 6) is -0.00328. The monoisotopic (exact) mass is 326 g/mol. The molecule has 0 aliphatic heterocycles. The van der Waals surface area contributed by atoms with Crippen molar-refractivity contribution in [1.29, 1.82) is 5.26 Å². The molecule has 122 valence electrons. The Balaban J connectivity index is 0.00000441. The van der Waals surface area contributed by atoms with Crippen LogP contribution in [0.2, 0.25) is 0 Å². The smallest absolute Gasteiger partial charge is 0.266 e. The maximum atomic E-state index is 12.1. The Morgan fingerprint density at radius 1 is 1.45 bits per heavy atom. The topological polar surface area (TPSA) is 103 Å². The van der Waals surface area contributed by atoms with Gasteiger partial charge in [0.2, 0.25) is 5.91 Å². The van der Waals surface area contributed by atoms with Crippen LogP contribution in [0, 0.1) is 25.2 Å². The molecule has 0 aliphatic carbocycles. The summed E-state index contributed by atoms with van der Waals surface area (Å²) in [5.41, 5.74) is 7.51. The summed E-state index contributed by atoms with van der Waals surface area (Å²) in [4.78, 5) is 28.0. The normalized spacial score (nSPS) is 11.3. The number of nitrogens with one attached hydrogen (secondary N) is 1. The number of aromatic amines is 1. The van der Waals surface area contributed by atoms with Crippen LogP contribution in [0.25, 0.3) is 0 Å². The van der Waals surface area contributed by atoms with Gasteiger partial charge in [-0.15, -0.1) is 12.4 Å². The van der Waals surface area contributed by atoms with Crippen molar-refractivity contribution < 1.29 is 4.79 Å². The zero-order chi connectivity index (χ0) is 16.2. The Bertz CT molecular complexity index is 634. The van der Waals surface area contributed by atoms with E-state index in [9.17, 15) is 9.59 Å². The highest BCUT2D eigenvalue weighted by Gasteiger charge is 2.17. The van der Waals surface area contributed by atoms with Crippen molar-refractivity contribution in [3.05, 3.63) is 32.7 Å². The second-order valence-electron chi connectivity index (χ2n) is 5.26. The van der Waals surface area contributed by atoms with E-state index >= 15 is 0 Å². The number of hydrogen-bond acceptors (Lipinski definition) is 4. The number of nitrogens with zero attached hydrogens (tertiary/aromatic N) is 2. The molecular formula is C15H23ClN4O2. The maximum Gasteiger partial charge on any atom is 0.266 e. The number of nitrogens with two attached hydrogens (primary N) is 1. The Hall–Kier alpha value is -1.84. The predicted molar refractivity (Wildman–Crippen MR) is 88.1 cm³/mol. The summed E-state index contributed by atoms with van der Waals surface area (Å²) < 4.78 is 0. The van der Waals surface area contributed by atoms with Crippen LogP contribution in [0.4, 0.5) is 0 Å². The number of pyridine rings is 1. The van der Waals surface area contributed by atoms with Gasteiger partial charge in [0, 0.05) is 31.7 Å². The third-order valence-electron chi connectivity index (χ3n) is 3.90. The molecular weight excluding hydrogens is 304 g/mol. The van der Waals surface area contributed by atoms with Crippen LogP contribution in [-0.4, -0.2) is 35.4 Å². The molecule has 0 aromatic carbocycles. The van der Waals surface area contributed by atoms with Gasteiger partial charge >= 0.3 is 0 Å². The number of nitriles is 1. The molecule has 0 spiro atoms. The quantitative estimate of drug-likeness (QED) is 0.843. The van der Waals surface area contributed by atoms with Crippen LogP contribution in [-0.2, 0) is 11.2 Å². The van der Waals surface area contributed by atoms with Crippen molar-refractivity contribution in [2.24, 2.45) is 5.73 Å². The summed E-state index contributed by atoms with van der Waals surface area (Å²) in [6, 6.07) is 1.90. The zero-order valence-electron chi connectivity index (χ0n) is 13.4. The molecule has 0 bridgehead atoms. The van der Waals surface area contributed by atoms with Crippen molar-refractivity contribution >= 4 is 18.3 Å². The van der Waals surface area contributed by atoms with Gasteiger partial charge in [0.05, 0.1) is 0 Å². The van der Waals surface area contributed by atoms with E-state index < -0.39 is 0 Å². The number of rotatable bonds is 5. The summed E-state index contributed by atoms with van der Waals surface area (Å²) >= 11 is 0. The molecule has 1 aromatic heterocycles. The number of hydrogen-bond donors (Lipinski definition) is 2. The second-order valence-corrected chi connectivity index (χ2v) is 5.26. The highest BCUT2D eigenvalue weighted by Crippen LogP contribution is 2.15. The second kappa shape index (κ2) is 8.57. The van der Waals surface area contributed by atoms with Gasteiger partial charge in [-0.1, -0.05) is 0 Å². The van der Waals surface area contributed by atoms with Crippen LogP contribution < -0.4 is 11.3 Å². The summed E-state index contributed by atoms with van der Waals surface area (Å²) in [7, 11) is 1.73. The van der Waals surface area contributed by atoms with Gasteiger partial charge in [-0.2, -0.15) is 5.26 Å². The Labute approximate surface area is 136 Å². The summed E-state index contributed by atoms with van der Waals surface area (Å²) in [6.45, 7) is 5.83. The largest absolute Gasteiger partial charge is 0.342 e. The van der Waals surface area contributed by atoms with Crippen LogP contribution >= 0.6 is 12.4 Å². The van der Waals surface area contributed by atoms with Gasteiger partial charge in [0.25, 0.3) is 5.56 Å². The molecule has 22 heavy (non-hydrogen) atoms. The van der Waals surface area contributed by atoms with Gasteiger partial charge in [-0.25, -0.2) is 0 Å². The van der Waals surface area contributed by atoms with Gasteiger partial charge in [0.15, 0.2) is 0 Å². The Morgan fingerprint density at radius 3 is 2.55 bits per heavy atom. The highest BCUT2D eigenvalue weighted by atomic mass is 35.5. The molecule has 1 atom stereocenters. The molecule has 0 fully saturated rings. The van der Waals surface area contributed by atoms with Crippen molar-refractivity contribution in [3.8, 4) is 6.07 Å². The first-order valence-corrected chi connectivity index (χ1v) is 6.91. The van der Waals surface area contributed by atoms with Crippen molar-refractivity contribution in [3.63, 3.8) is 0 Å². The van der Waals surface area contributed by atoms with Crippen molar-refractivity contribution in [2.45, 2.75) is 39.7 Å². The molecule has 1 unspecified atom stereocenters. The van der Waals surface area contributed by atoms with Crippen molar-refractivity contribution in [2.75, 3.05) is 13.6 Å². The van der Waals surface area contributed by atoms with Gasteiger partial charge in [-0.05, 0) is 38.3 Å². The molecule has 1 rings (SSSR count). The molecule has 1 heterocycles. The first-order valence-electron chi connectivity index (χ1n) is 6.91. The Kier molecular flexibility index (Phi) is 7.85. The molecule has 7 heteroatoms. The molecule has 0 aliphatic rings.